The molecule has 0 bridgehead atoms. The van der Waals surface area contributed by atoms with E-state index in [1.54, 1.807) is 18.2 Å². The SMILES string of the molecule is N#C/C(=C/c1ccc(-c2cc(C(=O)O)ccc2Cl)o1)c1ccc(Br)cc1. The highest BCUT2D eigenvalue weighted by atomic mass is 79.9. The zero-order valence-corrected chi connectivity index (χ0v) is 15.6. The molecule has 0 radical (unpaired) electrons. The van der Waals surface area contributed by atoms with E-state index in [0.717, 1.165) is 10.0 Å². The lowest BCUT2D eigenvalue weighted by Gasteiger charge is -2.03. The predicted octanol–water partition coefficient (Wildman–Crippen LogP) is 6.12. The van der Waals surface area contributed by atoms with E-state index < -0.39 is 5.97 Å². The van der Waals surface area contributed by atoms with Crippen molar-refractivity contribution in [1.29, 1.82) is 5.26 Å². The minimum absolute atomic E-state index is 0.116. The standard InChI is InChI=1S/C20H11BrClNO3/c21-15-4-1-12(2-5-15)14(11-23)9-16-6-8-19(26-16)17-10-13(20(24)25)3-7-18(17)22/h1-10H,(H,24,25)/b14-9-. The average Bonchev–Trinajstić information content (AvgIpc) is 3.09. The first kappa shape index (κ1) is 18.0. The van der Waals surface area contributed by atoms with Crippen molar-refractivity contribution in [3.63, 3.8) is 0 Å². The summed E-state index contributed by atoms with van der Waals surface area (Å²) in [7, 11) is 0. The molecule has 0 aliphatic carbocycles. The van der Waals surface area contributed by atoms with E-state index in [4.69, 9.17) is 21.1 Å². The lowest BCUT2D eigenvalue weighted by atomic mass is 10.1. The summed E-state index contributed by atoms with van der Waals surface area (Å²) in [6.45, 7) is 0. The molecule has 128 valence electrons. The molecule has 1 N–H and O–H groups in total. The summed E-state index contributed by atoms with van der Waals surface area (Å²) in [5, 5.41) is 18.9. The van der Waals surface area contributed by atoms with E-state index in [2.05, 4.69) is 22.0 Å². The number of hydrogen-bond donors (Lipinski definition) is 1. The van der Waals surface area contributed by atoms with Crippen LogP contribution >= 0.6 is 27.5 Å². The van der Waals surface area contributed by atoms with Gasteiger partial charge in [0.15, 0.2) is 0 Å². The molecule has 26 heavy (non-hydrogen) atoms. The van der Waals surface area contributed by atoms with Gasteiger partial charge in [0.2, 0.25) is 0 Å². The van der Waals surface area contributed by atoms with Crippen LogP contribution in [0.5, 0.6) is 0 Å². The van der Waals surface area contributed by atoms with Crippen molar-refractivity contribution in [1.82, 2.24) is 0 Å². The number of rotatable bonds is 4. The van der Waals surface area contributed by atoms with Gasteiger partial charge in [-0.2, -0.15) is 5.26 Å². The number of carboxylic acids is 1. The van der Waals surface area contributed by atoms with Crippen molar-refractivity contribution in [3.8, 4) is 17.4 Å². The molecule has 0 atom stereocenters. The van der Waals surface area contributed by atoms with Crippen LogP contribution < -0.4 is 0 Å². The van der Waals surface area contributed by atoms with Gasteiger partial charge in [-0.05, 0) is 54.1 Å². The van der Waals surface area contributed by atoms with Crippen LogP contribution in [0.15, 0.2) is 63.5 Å². The molecule has 0 spiro atoms. The van der Waals surface area contributed by atoms with Gasteiger partial charge in [-0.1, -0.05) is 39.7 Å². The first-order chi connectivity index (χ1) is 12.5. The quantitative estimate of drug-likeness (QED) is 0.508. The van der Waals surface area contributed by atoms with Gasteiger partial charge in [0.25, 0.3) is 0 Å². The molecule has 3 aromatic rings. The topological polar surface area (TPSA) is 74.2 Å². The zero-order valence-electron chi connectivity index (χ0n) is 13.2. The number of allylic oxidation sites excluding steroid dienone is 1. The van der Waals surface area contributed by atoms with Crippen LogP contribution in [-0.4, -0.2) is 11.1 Å². The van der Waals surface area contributed by atoms with E-state index >= 15 is 0 Å². The third-order valence-electron chi connectivity index (χ3n) is 3.67. The molecule has 0 saturated carbocycles. The van der Waals surface area contributed by atoms with Gasteiger partial charge in [0.05, 0.1) is 22.2 Å². The lowest BCUT2D eigenvalue weighted by Crippen LogP contribution is -1.96. The molecule has 4 nitrogen and oxygen atoms in total. The van der Waals surface area contributed by atoms with E-state index in [1.807, 2.05) is 24.3 Å². The number of carboxylic acid groups (broad SMARTS) is 1. The number of carbonyl (C=O) groups is 1. The van der Waals surface area contributed by atoms with Crippen molar-refractivity contribution in [2.45, 2.75) is 0 Å². The minimum Gasteiger partial charge on any atom is -0.478 e. The summed E-state index contributed by atoms with van der Waals surface area (Å²) in [6, 6.07) is 17.3. The molecule has 1 aromatic heterocycles. The summed E-state index contributed by atoms with van der Waals surface area (Å²) >= 11 is 9.52. The van der Waals surface area contributed by atoms with Crippen LogP contribution in [0, 0.1) is 11.3 Å². The molecular weight excluding hydrogens is 418 g/mol. The van der Waals surface area contributed by atoms with Crippen LogP contribution in [0.4, 0.5) is 0 Å². The second-order valence-corrected chi connectivity index (χ2v) is 6.70. The van der Waals surface area contributed by atoms with E-state index in [-0.39, 0.29) is 5.56 Å². The van der Waals surface area contributed by atoms with Crippen molar-refractivity contribution in [2.24, 2.45) is 0 Å². The van der Waals surface area contributed by atoms with Gasteiger partial charge in [-0.25, -0.2) is 4.79 Å². The largest absolute Gasteiger partial charge is 0.478 e. The van der Waals surface area contributed by atoms with Gasteiger partial charge in [-0.3, -0.25) is 0 Å². The maximum absolute atomic E-state index is 11.1. The summed E-state index contributed by atoms with van der Waals surface area (Å²) in [5.74, 6) is -0.148. The van der Waals surface area contributed by atoms with Crippen LogP contribution in [0.1, 0.15) is 21.7 Å². The Balaban J connectivity index is 1.97. The summed E-state index contributed by atoms with van der Waals surface area (Å²) < 4.78 is 6.67. The number of nitriles is 1. The van der Waals surface area contributed by atoms with E-state index in [9.17, 15) is 10.1 Å². The maximum Gasteiger partial charge on any atom is 0.335 e. The Hall–Kier alpha value is -2.81. The van der Waals surface area contributed by atoms with Gasteiger partial charge >= 0.3 is 5.97 Å². The van der Waals surface area contributed by atoms with Crippen molar-refractivity contribution < 1.29 is 14.3 Å². The Bertz CT molecular complexity index is 1050. The number of aromatic carboxylic acids is 1. The molecule has 0 unspecified atom stereocenters. The van der Waals surface area contributed by atoms with Crippen molar-refractivity contribution in [3.05, 3.63) is 81.0 Å². The van der Waals surface area contributed by atoms with Crippen LogP contribution in [0.25, 0.3) is 23.0 Å². The smallest absolute Gasteiger partial charge is 0.335 e. The Morgan fingerprint density at radius 1 is 1.12 bits per heavy atom. The van der Waals surface area contributed by atoms with E-state index in [1.165, 1.54) is 18.2 Å². The monoisotopic (exact) mass is 427 g/mol. The fraction of sp³-hybridized carbons (Fsp3) is 0. The fourth-order valence-electron chi connectivity index (χ4n) is 2.37. The second-order valence-electron chi connectivity index (χ2n) is 5.38. The molecule has 1 heterocycles. The molecule has 0 saturated heterocycles. The third-order valence-corrected chi connectivity index (χ3v) is 4.53. The highest BCUT2D eigenvalue weighted by Crippen LogP contribution is 2.31. The number of nitrogens with zero attached hydrogens (tertiary/aromatic N) is 1. The third kappa shape index (κ3) is 3.88. The van der Waals surface area contributed by atoms with Gasteiger partial charge in [0.1, 0.15) is 11.5 Å². The Labute approximate surface area is 163 Å². The van der Waals surface area contributed by atoms with Crippen molar-refractivity contribution >= 4 is 45.1 Å². The number of furan rings is 1. The average molecular weight is 429 g/mol. The number of benzene rings is 2. The Morgan fingerprint density at radius 2 is 1.81 bits per heavy atom. The van der Waals surface area contributed by atoms with Crippen LogP contribution in [-0.2, 0) is 0 Å². The lowest BCUT2D eigenvalue weighted by molar-refractivity contribution is 0.0697. The Morgan fingerprint density at radius 3 is 2.46 bits per heavy atom. The first-order valence-corrected chi connectivity index (χ1v) is 8.66. The molecular formula is C20H11BrClNO3. The molecule has 3 rings (SSSR count). The molecule has 2 aromatic carbocycles. The maximum atomic E-state index is 11.1. The van der Waals surface area contributed by atoms with Gasteiger partial charge in [-0.15, -0.1) is 0 Å². The van der Waals surface area contributed by atoms with Crippen molar-refractivity contribution in [2.75, 3.05) is 0 Å². The molecule has 6 heteroatoms. The number of halogens is 2. The second kappa shape index (κ2) is 7.61. The fourth-order valence-corrected chi connectivity index (χ4v) is 2.85. The predicted molar refractivity (Wildman–Crippen MR) is 104 cm³/mol. The van der Waals surface area contributed by atoms with Crippen LogP contribution in [0.3, 0.4) is 0 Å². The summed E-state index contributed by atoms with van der Waals surface area (Å²) in [5.41, 5.74) is 1.81. The molecule has 0 fully saturated rings. The zero-order chi connectivity index (χ0) is 18.7. The van der Waals surface area contributed by atoms with Gasteiger partial charge in [0, 0.05) is 10.0 Å². The number of hydrogen-bond acceptors (Lipinski definition) is 3. The van der Waals surface area contributed by atoms with E-state index in [0.29, 0.717) is 27.7 Å². The molecule has 0 aliphatic heterocycles. The minimum atomic E-state index is -1.04. The summed E-state index contributed by atoms with van der Waals surface area (Å²) in [4.78, 5) is 11.1. The Kier molecular flexibility index (Phi) is 5.27. The van der Waals surface area contributed by atoms with Gasteiger partial charge < -0.3 is 9.52 Å². The summed E-state index contributed by atoms with van der Waals surface area (Å²) in [6.07, 6.45) is 1.63. The molecule has 0 amide bonds. The normalized spacial score (nSPS) is 11.2. The first-order valence-electron chi connectivity index (χ1n) is 7.48. The highest BCUT2D eigenvalue weighted by Gasteiger charge is 2.12. The van der Waals surface area contributed by atoms with Crippen LogP contribution in [0.2, 0.25) is 5.02 Å². The molecule has 0 aliphatic rings. The highest BCUT2D eigenvalue weighted by molar-refractivity contribution is 9.10.